The van der Waals surface area contributed by atoms with Crippen molar-refractivity contribution in [2.75, 3.05) is 20.3 Å². The van der Waals surface area contributed by atoms with Crippen molar-refractivity contribution >= 4 is 16.9 Å². The summed E-state index contributed by atoms with van der Waals surface area (Å²) in [7, 11) is 1.65. The number of hydrogen-bond donors (Lipinski definition) is 2. The molecule has 1 heterocycles. The second-order valence-corrected chi connectivity index (χ2v) is 3.88. The highest BCUT2D eigenvalue weighted by atomic mass is 16.5. The Hall–Kier alpha value is -2.01. The van der Waals surface area contributed by atoms with Crippen molar-refractivity contribution in [1.82, 2.24) is 5.32 Å². The Labute approximate surface area is 106 Å². The molecule has 18 heavy (non-hydrogen) atoms. The van der Waals surface area contributed by atoms with E-state index in [4.69, 9.17) is 14.9 Å². The molecule has 0 unspecified atom stereocenters. The Morgan fingerprint density at radius 1 is 1.44 bits per heavy atom. The minimum absolute atomic E-state index is 0.414. The number of fused-ring (bicyclic) bond motifs is 1. The number of aliphatic imine (C=N–C) groups is 1. The molecule has 1 aromatic heterocycles. The van der Waals surface area contributed by atoms with Crippen LogP contribution in [0, 0.1) is 0 Å². The third kappa shape index (κ3) is 3.01. The zero-order valence-electron chi connectivity index (χ0n) is 10.3. The average molecular weight is 247 g/mol. The van der Waals surface area contributed by atoms with Crippen LogP contribution >= 0.6 is 0 Å². The van der Waals surface area contributed by atoms with Gasteiger partial charge in [-0.3, -0.25) is 0 Å². The lowest BCUT2D eigenvalue weighted by atomic mass is 10.2. The molecular formula is C13H17N3O2. The summed E-state index contributed by atoms with van der Waals surface area (Å²) in [5.41, 5.74) is 7.63. The number of nitrogens with zero attached hydrogens (tertiary/aromatic N) is 1. The second kappa shape index (κ2) is 6.07. The molecule has 0 aliphatic rings. The van der Waals surface area contributed by atoms with Crippen LogP contribution in [0.5, 0.6) is 0 Å². The molecule has 0 amide bonds. The Morgan fingerprint density at radius 3 is 3.11 bits per heavy atom. The molecule has 96 valence electrons. The van der Waals surface area contributed by atoms with Crippen molar-refractivity contribution in [3.63, 3.8) is 0 Å². The fourth-order valence-electron chi connectivity index (χ4n) is 1.66. The molecule has 0 radical (unpaired) electrons. The van der Waals surface area contributed by atoms with Gasteiger partial charge >= 0.3 is 0 Å². The Balaban J connectivity index is 1.99. The van der Waals surface area contributed by atoms with Gasteiger partial charge in [0.05, 0.1) is 19.4 Å². The molecule has 0 saturated carbocycles. The van der Waals surface area contributed by atoms with E-state index in [9.17, 15) is 0 Å². The number of guanidine groups is 1. The molecule has 0 saturated heterocycles. The topological polar surface area (TPSA) is 72.8 Å². The minimum Gasteiger partial charge on any atom is -0.464 e. The summed E-state index contributed by atoms with van der Waals surface area (Å²) >= 11 is 0. The molecule has 5 nitrogen and oxygen atoms in total. The first-order valence-electron chi connectivity index (χ1n) is 5.79. The van der Waals surface area contributed by atoms with Crippen LogP contribution in [0.2, 0.25) is 0 Å². The van der Waals surface area contributed by atoms with E-state index in [0.29, 0.717) is 25.7 Å². The summed E-state index contributed by atoms with van der Waals surface area (Å²) in [4.78, 5) is 4.26. The molecule has 3 N–H and O–H groups in total. The standard InChI is InChI=1S/C13H17N3O2/c1-17-7-6-15-13(14)16-8-10-9-18-12-5-3-2-4-11(10)12/h2-5,9H,6-8H2,1H3,(H3,14,15,16). The molecule has 0 fully saturated rings. The summed E-state index contributed by atoms with van der Waals surface area (Å²) in [6.45, 7) is 1.76. The van der Waals surface area contributed by atoms with Gasteiger partial charge in [0.25, 0.3) is 0 Å². The van der Waals surface area contributed by atoms with Gasteiger partial charge in [-0.15, -0.1) is 0 Å². The molecule has 2 rings (SSSR count). The molecule has 0 bridgehead atoms. The number of nitrogens with one attached hydrogen (secondary N) is 1. The quantitative estimate of drug-likeness (QED) is 0.477. The van der Waals surface area contributed by atoms with Gasteiger partial charge in [-0.1, -0.05) is 18.2 Å². The average Bonchev–Trinajstić information content (AvgIpc) is 2.80. The van der Waals surface area contributed by atoms with Gasteiger partial charge in [0.1, 0.15) is 5.58 Å². The zero-order chi connectivity index (χ0) is 12.8. The highest BCUT2D eigenvalue weighted by Gasteiger charge is 2.03. The van der Waals surface area contributed by atoms with Gasteiger partial charge in [-0.2, -0.15) is 0 Å². The zero-order valence-corrected chi connectivity index (χ0v) is 10.3. The first kappa shape index (κ1) is 12.4. The molecule has 0 aliphatic carbocycles. The second-order valence-electron chi connectivity index (χ2n) is 3.88. The van der Waals surface area contributed by atoms with Crippen LogP contribution < -0.4 is 11.1 Å². The lowest BCUT2D eigenvalue weighted by Gasteiger charge is -2.03. The smallest absolute Gasteiger partial charge is 0.189 e. The predicted octanol–water partition coefficient (Wildman–Crippen LogP) is 1.48. The van der Waals surface area contributed by atoms with E-state index in [1.807, 2.05) is 24.3 Å². The van der Waals surface area contributed by atoms with Gasteiger partial charge < -0.3 is 20.2 Å². The number of methoxy groups -OCH3 is 1. The van der Waals surface area contributed by atoms with Crippen molar-refractivity contribution in [2.45, 2.75) is 6.54 Å². The van der Waals surface area contributed by atoms with Crippen LogP contribution in [0.1, 0.15) is 5.56 Å². The van der Waals surface area contributed by atoms with Crippen LogP contribution in [0.3, 0.4) is 0 Å². The highest BCUT2D eigenvalue weighted by molar-refractivity contribution is 5.82. The third-order valence-electron chi connectivity index (χ3n) is 2.59. The molecule has 0 spiro atoms. The number of ether oxygens (including phenoxy) is 1. The SMILES string of the molecule is COCCNC(N)=NCc1coc2ccccc12. The Kier molecular flexibility index (Phi) is 4.20. The number of para-hydroxylation sites is 1. The minimum atomic E-state index is 0.414. The van der Waals surface area contributed by atoms with Crippen LogP contribution in [-0.2, 0) is 11.3 Å². The lowest BCUT2D eigenvalue weighted by Crippen LogP contribution is -2.34. The van der Waals surface area contributed by atoms with Gasteiger partial charge in [0.15, 0.2) is 5.96 Å². The van der Waals surface area contributed by atoms with E-state index < -0.39 is 0 Å². The lowest BCUT2D eigenvalue weighted by molar-refractivity contribution is 0.204. The first-order valence-corrected chi connectivity index (χ1v) is 5.79. The van der Waals surface area contributed by atoms with E-state index in [1.54, 1.807) is 13.4 Å². The fraction of sp³-hybridized carbons (Fsp3) is 0.308. The van der Waals surface area contributed by atoms with Crippen molar-refractivity contribution in [3.05, 3.63) is 36.1 Å². The van der Waals surface area contributed by atoms with Gasteiger partial charge in [0.2, 0.25) is 0 Å². The maximum Gasteiger partial charge on any atom is 0.189 e. The van der Waals surface area contributed by atoms with Crippen molar-refractivity contribution in [1.29, 1.82) is 0 Å². The van der Waals surface area contributed by atoms with E-state index >= 15 is 0 Å². The van der Waals surface area contributed by atoms with Crippen LogP contribution in [0.15, 0.2) is 39.9 Å². The molecule has 0 aliphatic heterocycles. The molecule has 0 atom stereocenters. The van der Waals surface area contributed by atoms with Crippen molar-refractivity contribution in [2.24, 2.45) is 10.7 Å². The Bertz CT molecular complexity index is 534. The molecule has 1 aromatic carbocycles. The van der Waals surface area contributed by atoms with Gasteiger partial charge in [0, 0.05) is 24.6 Å². The summed E-state index contributed by atoms with van der Waals surface area (Å²) in [6.07, 6.45) is 1.72. The molecule has 5 heteroatoms. The van der Waals surface area contributed by atoms with E-state index in [0.717, 1.165) is 16.5 Å². The number of furan rings is 1. The highest BCUT2D eigenvalue weighted by Crippen LogP contribution is 2.20. The number of benzene rings is 1. The maximum absolute atomic E-state index is 5.73. The summed E-state index contributed by atoms with van der Waals surface area (Å²) < 4.78 is 10.3. The Morgan fingerprint density at radius 2 is 2.28 bits per heavy atom. The maximum atomic E-state index is 5.73. The summed E-state index contributed by atoms with van der Waals surface area (Å²) in [5, 5.41) is 4.04. The number of nitrogens with two attached hydrogens (primary N) is 1. The van der Waals surface area contributed by atoms with E-state index in [2.05, 4.69) is 10.3 Å². The largest absolute Gasteiger partial charge is 0.464 e. The van der Waals surface area contributed by atoms with Gasteiger partial charge in [-0.25, -0.2) is 4.99 Å². The van der Waals surface area contributed by atoms with Crippen molar-refractivity contribution < 1.29 is 9.15 Å². The summed E-state index contributed by atoms with van der Waals surface area (Å²) in [5.74, 6) is 0.414. The molecular weight excluding hydrogens is 230 g/mol. The van der Waals surface area contributed by atoms with E-state index in [1.165, 1.54) is 0 Å². The monoisotopic (exact) mass is 247 g/mol. The molecule has 2 aromatic rings. The van der Waals surface area contributed by atoms with Crippen LogP contribution in [0.25, 0.3) is 11.0 Å². The normalized spacial score (nSPS) is 11.9. The van der Waals surface area contributed by atoms with E-state index in [-0.39, 0.29) is 0 Å². The van der Waals surface area contributed by atoms with Gasteiger partial charge in [-0.05, 0) is 6.07 Å². The third-order valence-corrected chi connectivity index (χ3v) is 2.59. The summed E-state index contributed by atoms with van der Waals surface area (Å²) in [6, 6.07) is 7.87. The van der Waals surface area contributed by atoms with Crippen LogP contribution in [0.4, 0.5) is 0 Å². The predicted molar refractivity (Wildman–Crippen MR) is 71.4 cm³/mol. The first-order chi connectivity index (χ1) is 8.81. The van der Waals surface area contributed by atoms with Crippen LogP contribution in [-0.4, -0.2) is 26.2 Å². The fourth-order valence-corrected chi connectivity index (χ4v) is 1.66. The van der Waals surface area contributed by atoms with Crippen molar-refractivity contribution in [3.8, 4) is 0 Å². The number of hydrogen-bond acceptors (Lipinski definition) is 3. The number of rotatable bonds is 5.